The van der Waals surface area contributed by atoms with Crippen molar-refractivity contribution in [3.05, 3.63) is 5.82 Å². The Kier molecular flexibility index (Phi) is 3.04. The molecule has 1 rings (SSSR count). The van der Waals surface area contributed by atoms with Gasteiger partial charge in [-0.05, 0) is 6.42 Å². The molecule has 0 atom stereocenters. The van der Waals surface area contributed by atoms with Gasteiger partial charge in [-0.3, -0.25) is 4.57 Å². The molecule has 1 aromatic heterocycles. The van der Waals surface area contributed by atoms with Crippen molar-refractivity contribution in [3.63, 3.8) is 0 Å². The number of aromatic nitrogens is 3. The Balaban J connectivity index is 2.90. The van der Waals surface area contributed by atoms with Gasteiger partial charge in [-0.15, -0.1) is 5.10 Å². The van der Waals surface area contributed by atoms with E-state index in [1.807, 2.05) is 6.92 Å². The number of nitrogens with zero attached hydrogens (tertiary/aromatic N) is 3. The van der Waals surface area contributed by atoms with Crippen molar-refractivity contribution in [3.8, 4) is 6.01 Å². The molecule has 0 aliphatic rings. The molecule has 12 heavy (non-hydrogen) atoms. The van der Waals surface area contributed by atoms with Gasteiger partial charge in [-0.1, -0.05) is 12.0 Å². The fourth-order valence-corrected chi connectivity index (χ4v) is 1.04. The van der Waals surface area contributed by atoms with E-state index in [1.165, 1.54) is 7.11 Å². The minimum absolute atomic E-state index is 0.101. The highest BCUT2D eigenvalue weighted by molar-refractivity contribution is 4.99. The Morgan fingerprint density at radius 3 is 2.75 bits per heavy atom. The van der Waals surface area contributed by atoms with Crippen LogP contribution >= 0.6 is 0 Å². The van der Waals surface area contributed by atoms with Crippen LogP contribution in [-0.4, -0.2) is 27.0 Å². The number of hydrogen-bond donors (Lipinski definition) is 1. The Morgan fingerprint density at radius 2 is 2.25 bits per heavy atom. The SMILES string of the molecule is CCCn1c(CO)nnc1OC. The van der Waals surface area contributed by atoms with E-state index in [4.69, 9.17) is 9.84 Å². The molecule has 0 radical (unpaired) electrons. The summed E-state index contributed by atoms with van der Waals surface area (Å²) in [5, 5.41) is 16.4. The van der Waals surface area contributed by atoms with Crippen LogP contribution in [0.15, 0.2) is 0 Å². The molecule has 0 bridgehead atoms. The van der Waals surface area contributed by atoms with E-state index >= 15 is 0 Å². The maximum atomic E-state index is 8.88. The van der Waals surface area contributed by atoms with Crippen molar-refractivity contribution in [1.82, 2.24) is 14.8 Å². The van der Waals surface area contributed by atoms with E-state index in [1.54, 1.807) is 4.57 Å². The van der Waals surface area contributed by atoms with Crippen LogP contribution in [0.25, 0.3) is 0 Å². The van der Waals surface area contributed by atoms with Crippen molar-refractivity contribution >= 4 is 0 Å². The largest absolute Gasteiger partial charge is 0.467 e. The Hall–Kier alpha value is -1.10. The standard InChI is InChI=1S/C7H13N3O2/c1-3-4-10-6(5-11)8-9-7(10)12-2/h11H,3-5H2,1-2H3. The Morgan fingerprint density at radius 1 is 1.50 bits per heavy atom. The average Bonchev–Trinajstić information content (AvgIpc) is 2.48. The van der Waals surface area contributed by atoms with Gasteiger partial charge in [-0.25, -0.2) is 0 Å². The van der Waals surface area contributed by atoms with E-state index in [2.05, 4.69) is 10.2 Å². The minimum atomic E-state index is -0.101. The maximum absolute atomic E-state index is 8.88. The first-order valence-corrected chi connectivity index (χ1v) is 3.90. The second kappa shape index (κ2) is 4.06. The molecule has 0 amide bonds. The number of ether oxygens (including phenoxy) is 1. The lowest BCUT2D eigenvalue weighted by molar-refractivity contribution is 0.260. The van der Waals surface area contributed by atoms with E-state index in [0.717, 1.165) is 13.0 Å². The van der Waals surface area contributed by atoms with E-state index < -0.39 is 0 Å². The fourth-order valence-electron chi connectivity index (χ4n) is 1.04. The molecule has 0 fully saturated rings. The highest BCUT2D eigenvalue weighted by Gasteiger charge is 2.09. The second-order valence-corrected chi connectivity index (χ2v) is 2.41. The predicted molar refractivity (Wildman–Crippen MR) is 42.8 cm³/mol. The number of rotatable bonds is 4. The monoisotopic (exact) mass is 171 g/mol. The maximum Gasteiger partial charge on any atom is 0.316 e. The summed E-state index contributed by atoms with van der Waals surface area (Å²) >= 11 is 0. The van der Waals surface area contributed by atoms with Crippen LogP contribution in [0.1, 0.15) is 19.2 Å². The molecule has 0 aliphatic carbocycles. The molecule has 1 heterocycles. The molecule has 0 aromatic carbocycles. The lowest BCUT2D eigenvalue weighted by Gasteiger charge is -2.04. The number of aliphatic hydroxyl groups excluding tert-OH is 1. The van der Waals surface area contributed by atoms with Gasteiger partial charge in [0, 0.05) is 6.54 Å². The van der Waals surface area contributed by atoms with Crippen LogP contribution in [0.3, 0.4) is 0 Å². The van der Waals surface area contributed by atoms with Crippen LogP contribution in [0.5, 0.6) is 6.01 Å². The summed E-state index contributed by atoms with van der Waals surface area (Å²) < 4.78 is 6.72. The molecule has 1 N–H and O–H groups in total. The fraction of sp³-hybridized carbons (Fsp3) is 0.714. The first kappa shape index (κ1) is 8.99. The second-order valence-electron chi connectivity index (χ2n) is 2.41. The minimum Gasteiger partial charge on any atom is -0.467 e. The van der Waals surface area contributed by atoms with Crippen LogP contribution in [0.4, 0.5) is 0 Å². The third kappa shape index (κ3) is 1.55. The predicted octanol–water partition coefficient (Wildman–Crippen LogP) is 0.189. The summed E-state index contributed by atoms with van der Waals surface area (Å²) in [6.07, 6.45) is 0.960. The molecular formula is C7H13N3O2. The zero-order chi connectivity index (χ0) is 8.97. The summed E-state index contributed by atoms with van der Waals surface area (Å²) in [6, 6.07) is 0.459. The highest BCUT2D eigenvalue weighted by atomic mass is 16.5. The average molecular weight is 171 g/mol. The number of aliphatic hydroxyl groups is 1. The van der Waals surface area contributed by atoms with Gasteiger partial charge < -0.3 is 9.84 Å². The van der Waals surface area contributed by atoms with Gasteiger partial charge in [0.25, 0.3) is 0 Å². The first-order valence-electron chi connectivity index (χ1n) is 3.90. The van der Waals surface area contributed by atoms with Crippen molar-refractivity contribution in [2.24, 2.45) is 0 Å². The molecule has 0 aliphatic heterocycles. The smallest absolute Gasteiger partial charge is 0.316 e. The quantitative estimate of drug-likeness (QED) is 0.702. The summed E-state index contributed by atoms with van der Waals surface area (Å²) in [4.78, 5) is 0. The third-order valence-electron chi connectivity index (χ3n) is 1.56. The first-order chi connectivity index (χ1) is 5.83. The number of hydrogen-bond acceptors (Lipinski definition) is 4. The van der Waals surface area contributed by atoms with Crippen LogP contribution in [-0.2, 0) is 13.2 Å². The molecule has 5 heteroatoms. The Labute approximate surface area is 71.0 Å². The van der Waals surface area contributed by atoms with Crippen LogP contribution in [0, 0.1) is 0 Å². The molecule has 0 saturated heterocycles. The van der Waals surface area contributed by atoms with Gasteiger partial charge in [0.05, 0.1) is 7.11 Å². The summed E-state index contributed by atoms with van der Waals surface area (Å²) in [6.45, 7) is 2.71. The molecule has 1 aromatic rings. The summed E-state index contributed by atoms with van der Waals surface area (Å²) in [5.74, 6) is 0.550. The molecule has 0 unspecified atom stereocenters. The molecule has 68 valence electrons. The van der Waals surface area contributed by atoms with E-state index in [9.17, 15) is 0 Å². The molecule has 0 saturated carbocycles. The summed E-state index contributed by atoms with van der Waals surface area (Å²) in [7, 11) is 1.54. The normalized spacial score (nSPS) is 10.2. The zero-order valence-corrected chi connectivity index (χ0v) is 7.32. The summed E-state index contributed by atoms with van der Waals surface area (Å²) in [5.41, 5.74) is 0. The lowest BCUT2D eigenvalue weighted by atomic mass is 10.4. The molecule has 0 spiro atoms. The number of methoxy groups -OCH3 is 1. The Bertz CT molecular complexity index is 225. The van der Waals surface area contributed by atoms with Gasteiger partial charge in [0.2, 0.25) is 0 Å². The van der Waals surface area contributed by atoms with E-state index in [0.29, 0.717) is 11.8 Å². The zero-order valence-electron chi connectivity index (χ0n) is 7.32. The van der Waals surface area contributed by atoms with E-state index in [-0.39, 0.29) is 6.61 Å². The van der Waals surface area contributed by atoms with Crippen molar-refractivity contribution in [2.45, 2.75) is 26.5 Å². The third-order valence-corrected chi connectivity index (χ3v) is 1.56. The molecule has 5 nitrogen and oxygen atoms in total. The van der Waals surface area contributed by atoms with Crippen molar-refractivity contribution in [1.29, 1.82) is 0 Å². The van der Waals surface area contributed by atoms with Gasteiger partial charge in [0.1, 0.15) is 6.61 Å². The van der Waals surface area contributed by atoms with Crippen LogP contribution in [0.2, 0.25) is 0 Å². The topological polar surface area (TPSA) is 60.2 Å². The van der Waals surface area contributed by atoms with Crippen molar-refractivity contribution in [2.75, 3.05) is 7.11 Å². The lowest BCUT2D eigenvalue weighted by Crippen LogP contribution is -2.05. The van der Waals surface area contributed by atoms with Gasteiger partial charge in [-0.2, -0.15) is 0 Å². The molecular weight excluding hydrogens is 158 g/mol. The van der Waals surface area contributed by atoms with Crippen molar-refractivity contribution < 1.29 is 9.84 Å². The van der Waals surface area contributed by atoms with Gasteiger partial charge in [0.15, 0.2) is 5.82 Å². The highest BCUT2D eigenvalue weighted by Crippen LogP contribution is 2.10. The van der Waals surface area contributed by atoms with Crippen LogP contribution < -0.4 is 4.74 Å². The van der Waals surface area contributed by atoms with Gasteiger partial charge >= 0.3 is 6.01 Å².